The number of rotatable bonds is 5. The Balaban J connectivity index is 1.83. The van der Waals surface area contributed by atoms with Crippen LogP contribution < -0.4 is 10.6 Å². The molecular formula is C19H20N2O2. The number of para-hydroxylation sites is 1. The summed E-state index contributed by atoms with van der Waals surface area (Å²) in [5, 5.41) is 11.0. The monoisotopic (exact) mass is 308 g/mol. The minimum Gasteiger partial charge on any atom is -0.481 e. The molecule has 1 aliphatic heterocycles. The van der Waals surface area contributed by atoms with Crippen LogP contribution in [-0.4, -0.2) is 35.1 Å². The maximum atomic E-state index is 11.1. The molecule has 0 aromatic heterocycles. The van der Waals surface area contributed by atoms with Crippen molar-refractivity contribution in [3.63, 3.8) is 0 Å². The van der Waals surface area contributed by atoms with Gasteiger partial charge < -0.3 is 10.0 Å². The van der Waals surface area contributed by atoms with Gasteiger partial charge in [-0.3, -0.25) is 9.79 Å². The molecule has 0 bridgehead atoms. The van der Waals surface area contributed by atoms with Crippen molar-refractivity contribution in [2.24, 2.45) is 4.99 Å². The summed E-state index contributed by atoms with van der Waals surface area (Å²) >= 11 is 0. The van der Waals surface area contributed by atoms with Crippen LogP contribution >= 0.6 is 0 Å². The van der Waals surface area contributed by atoms with E-state index in [0.29, 0.717) is 6.54 Å². The Morgan fingerprint density at radius 2 is 1.87 bits per heavy atom. The summed E-state index contributed by atoms with van der Waals surface area (Å²) in [6, 6.07) is 18.0. The number of aliphatic carboxylic acids is 1. The van der Waals surface area contributed by atoms with E-state index in [1.165, 1.54) is 5.56 Å². The van der Waals surface area contributed by atoms with Gasteiger partial charge in [0.1, 0.15) is 0 Å². The lowest BCUT2D eigenvalue weighted by atomic mass is 10.1. The van der Waals surface area contributed by atoms with E-state index < -0.39 is 5.97 Å². The van der Waals surface area contributed by atoms with Crippen LogP contribution in [0.15, 0.2) is 59.6 Å². The highest BCUT2D eigenvalue weighted by Gasteiger charge is 2.17. The van der Waals surface area contributed by atoms with Gasteiger partial charge in [0.15, 0.2) is 0 Å². The number of fused-ring (bicyclic) bond motifs is 1. The fourth-order valence-corrected chi connectivity index (χ4v) is 2.86. The molecule has 1 N–H and O–H groups in total. The van der Waals surface area contributed by atoms with Crippen LogP contribution in [0.25, 0.3) is 6.20 Å². The first kappa shape index (κ1) is 15.3. The zero-order valence-corrected chi connectivity index (χ0v) is 12.9. The second-order valence-corrected chi connectivity index (χ2v) is 5.80. The van der Waals surface area contributed by atoms with Crippen molar-refractivity contribution in [3.8, 4) is 0 Å². The van der Waals surface area contributed by atoms with Crippen molar-refractivity contribution < 1.29 is 9.90 Å². The third-order valence-electron chi connectivity index (χ3n) is 3.97. The van der Waals surface area contributed by atoms with Crippen LogP contribution in [0.4, 0.5) is 0 Å². The van der Waals surface area contributed by atoms with E-state index in [-0.39, 0.29) is 12.5 Å². The highest BCUT2D eigenvalue weighted by Crippen LogP contribution is 2.07. The molecule has 23 heavy (non-hydrogen) atoms. The Morgan fingerprint density at radius 1 is 1.13 bits per heavy atom. The van der Waals surface area contributed by atoms with E-state index in [4.69, 9.17) is 5.11 Å². The molecule has 1 unspecified atom stereocenters. The number of nitrogens with zero attached hydrogens (tertiary/aromatic N) is 2. The van der Waals surface area contributed by atoms with Gasteiger partial charge in [-0.05, 0) is 18.1 Å². The molecule has 0 radical (unpaired) electrons. The van der Waals surface area contributed by atoms with Crippen LogP contribution in [0.3, 0.4) is 0 Å². The third kappa shape index (κ3) is 4.19. The second kappa shape index (κ2) is 7.09. The van der Waals surface area contributed by atoms with Gasteiger partial charge in [-0.1, -0.05) is 48.5 Å². The van der Waals surface area contributed by atoms with Crippen molar-refractivity contribution in [1.29, 1.82) is 0 Å². The lowest BCUT2D eigenvalue weighted by molar-refractivity contribution is -0.137. The smallest absolute Gasteiger partial charge is 0.305 e. The van der Waals surface area contributed by atoms with Gasteiger partial charge >= 0.3 is 5.97 Å². The largest absolute Gasteiger partial charge is 0.481 e. The Labute approximate surface area is 135 Å². The van der Waals surface area contributed by atoms with Gasteiger partial charge in [0.05, 0.1) is 17.8 Å². The molecule has 0 spiro atoms. The van der Waals surface area contributed by atoms with Gasteiger partial charge in [0, 0.05) is 24.5 Å². The van der Waals surface area contributed by atoms with Crippen molar-refractivity contribution in [3.05, 3.63) is 70.7 Å². The summed E-state index contributed by atoms with van der Waals surface area (Å²) in [6.07, 6.45) is 3.09. The Hall–Kier alpha value is -2.62. The lowest BCUT2D eigenvalue weighted by Gasteiger charge is -2.22. The number of hydrogen-bond acceptors (Lipinski definition) is 3. The molecule has 4 nitrogen and oxygen atoms in total. The summed E-state index contributed by atoms with van der Waals surface area (Å²) in [5.41, 5.74) is 1.28. The Morgan fingerprint density at radius 3 is 2.65 bits per heavy atom. The standard InChI is InChI=1S/C19H20N2O2/c22-19(23)12-17-14-21(11-10-15-6-2-1-3-7-15)13-16-8-4-5-9-18(16)20-17/h1-9,13,17H,10-12,14H2,(H,22,23). The number of hydrogen-bond donors (Lipinski definition) is 1. The van der Waals surface area contributed by atoms with E-state index in [9.17, 15) is 4.79 Å². The normalized spacial score (nSPS) is 16.7. The van der Waals surface area contributed by atoms with E-state index >= 15 is 0 Å². The van der Waals surface area contributed by atoms with Crippen LogP contribution in [0.2, 0.25) is 0 Å². The van der Waals surface area contributed by atoms with Crippen molar-refractivity contribution >= 4 is 12.2 Å². The van der Waals surface area contributed by atoms with Crippen LogP contribution in [0, 0.1) is 0 Å². The topological polar surface area (TPSA) is 52.9 Å². The number of benzene rings is 2. The number of carboxylic acids is 1. The third-order valence-corrected chi connectivity index (χ3v) is 3.97. The molecule has 1 atom stereocenters. The van der Waals surface area contributed by atoms with Gasteiger partial charge in [0.2, 0.25) is 0 Å². The van der Waals surface area contributed by atoms with Gasteiger partial charge in [-0.2, -0.15) is 0 Å². The SMILES string of the molecule is O=C(O)CC1CN(CCc2ccccc2)C=c2ccccc2=N1. The van der Waals surface area contributed by atoms with Crippen molar-refractivity contribution in [1.82, 2.24) is 4.90 Å². The van der Waals surface area contributed by atoms with Gasteiger partial charge in [-0.15, -0.1) is 0 Å². The van der Waals surface area contributed by atoms with Crippen LogP contribution in [0.5, 0.6) is 0 Å². The first-order valence-corrected chi connectivity index (χ1v) is 7.85. The Kier molecular flexibility index (Phi) is 4.71. The predicted octanol–water partition coefficient (Wildman–Crippen LogP) is 1.45. The number of carboxylic acid groups (broad SMARTS) is 1. The lowest BCUT2D eigenvalue weighted by Crippen LogP contribution is -2.30. The molecule has 3 rings (SSSR count). The van der Waals surface area contributed by atoms with Crippen LogP contribution in [-0.2, 0) is 11.2 Å². The van der Waals surface area contributed by atoms with Crippen LogP contribution in [0.1, 0.15) is 12.0 Å². The van der Waals surface area contributed by atoms with E-state index in [2.05, 4.69) is 28.2 Å². The first-order chi connectivity index (χ1) is 11.2. The molecule has 0 aliphatic carbocycles. The molecule has 1 aliphatic rings. The summed E-state index contributed by atoms with van der Waals surface area (Å²) < 4.78 is 0. The first-order valence-electron chi connectivity index (χ1n) is 7.85. The zero-order chi connectivity index (χ0) is 16.1. The molecule has 2 aromatic rings. The van der Waals surface area contributed by atoms with Crippen molar-refractivity contribution in [2.45, 2.75) is 18.9 Å². The zero-order valence-electron chi connectivity index (χ0n) is 12.9. The van der Waals surface area contributed by atoms with E-state index in [1.54, 1.807) is 0 Å². The minimum absolute atomic E-state index is 0.0595. The van der Waals surface area contributed by atoms with E-state index in [0.717, 1.165) is 23.5 Å². The maximum absolute atomic E-state index is 11.1. The molecule has 0 fully saturated rings. The molecule has 0 saturated heterocycles. The molecule has 1 heterocycles. The maximum Gasteiger partial charge on any atom is 0.305 e. The fraction of sp³-hybridized carbons (Fsp3) is 0.263. The van der Waals surface area contributed by atoms with E-state index in [1.807, 2.05) is 42.5 Å². The van der Waals surface area contributed by atoms with Gasteiger partial charge in [-0.25, -0.2) is 0 Å². The summed E-state index contributed by atoms with van der Waals surface area (Å²) in [7, 11) is 0. The molecule has 0 amide bonds. The molecule has 0 saturated carbocycles. The Bertz CT molecular complexity index is 787. The number of carbonyl (C=O) groups is 1. The molecule has 4 heteroatoms. The highest BCUT2D eigenvalue weighted by molar-refractivity contribution is 5.67. The molecule has 2 aromatic carbocycles. The predicted molar refractivity (Wildman–Crippen MR) is 89.4 cm³/mol. The summed E-state index contributed by atoms with van der Waals surface area (Å²) in [4.78, 5) is 17.9. The fourth-order valence-electron chi connectivity index (χ4n) is 2.86. The van der Waals surface area contributed by atoms with Crippen molar-refractivity contribution in [2.75, 3.05) is 13.1 Å². The average Bonchev–Trinajstić information content (AvgIpc) is 2.71. The average molecular weight is 308 g/mol. The minimum atomic E-state index is -0.804. The summed E-state index contributed by atoms with van der Waals surface area (Å²) in [6.45, 7) is 1.48. The molecular weight excluding hydrogens is 288 g/mol. The quantitative estimate of drug-likeness (QED) is 0.909. The summed E-state index contributed by atoms with van der Waals surface area (Å²) in [5.74, 6) is -0.804. The second-order valence-electron chi connectivity index (χ2n) is 5.80. The highest BCUT2D eigenvalue weighted by atomic mass is 16.4. The molecule has 118 valence electrons. The van der Waals surface area contributed by atoms with Gasteiger partial charge in [0.25, 0.3) is 0 Å².